The van der Waals surface area contributed by atoms with Crippen LogP contribution >= 0.6 is 0 Å². The molecule has 38 heavy (non-hydrogen) atoms. The number of fused-ring (bicyclic) bond motifs is 4. The van der Waals surface area contributed by atoms with Crippen LogP contribution in [0.15, 0.2) is 67.8 Å². The first-order valence-corrected chi connectivity index (χ1v) is 14.1. The van der Waals surface area contributed by atoms with Crippen molar-refractivity contribution in [2.24, 2.45) is 0 Å². The molecular formula is C30H36N8. The molecule has 0 saturated carbocycles. The second kappa shape index (κ2) is 9.75. The van der Waals surface area contributed by atoms with Crippen LogP contribution in [0, 0.1) is 0 Å². The van der Waals surface area contributed by atoms with Gasteiger partial charge in [-0.15, -0.1) is 0 Å². The van der Waals surface area contributed by atoms with E-state index >= 15 is 0 Å². The Labute approximate surface area is 224 Å². The van der Waals surface area contributed by atoms with Crippen molar-refractivity contribution in [1.29, 1.82) is 0 Å². The van der Waals surface area contributed by atoms with Gasteiger partial charge in [0.15, 0.2) is 5.82 Å². The van der Waals surface area contributed by atoms with Gasteiger partial charge >= 0.3 is 0 Å². The maximum absolute atomic E-state index is 4.61. The van der Waals surface area contributed by atoms with E-state index < -0.39 is 0 Å². The molecule has 0 spiro atoms. The van der Waals surface area contributed by atoms with Crippen LogP contribution in [0.2, 0.25) is 0 Å². The molecule has 4 aromatic heterocycles. The third-order valence-corrected chi connectivity index (χ3v) is 9.37. The summed E-state index contributed by atoms with van der Waals surface area (Å²) >= 11 is 0. The van der Waals surface area contributed by atoms with E-state index in [9.17, 15) is 0 Å². The highest BCUT2D eigenvalue weighted by Gasteiger charge is 2.43. The Morgan fingerprint density at radius 3 is 1.97 bits per heavy atom. The van der Waals surface area contributed by atoms with E-state index in [-0.39, 0.29) is 0 Å². The molecule has 1 N–H and O–H groups in total. The predicted octanol–water partition coefficient (Wildman–Crippen LogP) is 4.21. The van der Waals surface area contributed by atoms with Crippen molar-refractivity contribution in [3.05, 3.63) is 78.9 Å². The quantitative estimate of drug-likeness (QED) is 0.445. The average molecular weight is 509 g/mol. The lowest BCUT2D eigenvalue weighted by Gasteiger charge is -2.34. The fourth-order valence-corrected chi connectivity index (χ4v) is 7.25. The minimum Gasteiger partial charge on any atom is -0.343 e. The summed E-state index contributed by atoms with van der Waals surface area (Å²) in [5, 5.41) is 0. The van der Waals surface area contributed by atoms with E-state index in [1.807, 2.05) is 17.0 Å². The summed E-state index contributed by atoms with van der Waals surface area (Å²) in [7, 11) is 0. The summed E-state index contributed by atoms with van der Waals surface area (Å²) < 4.78 is 1.95. The summed E-state index contributed by atoms with van der Waals surface area (Å²) in [6, 6.07) is 8.72. The molecule has 0 aromatic carbocycles. The van der Waals surface area contributed by atoms with E-state index in [4.69, 9.17) is 0 Å². The number of nitrogens with zero attached hydrogens (tertiary/aromatic N) is 7. The molecule has 4 unspecified atom stereocenters. The van der Waals surface area contributed by atoms with Crippen LogP contribution in [0.5, 0.6) is 0 Å². The zero-order valence-corrected chi connectivity index (χ0v) is 22.0. The van der Waals surface area contributed by atoms with Crippen molar-refractivity contribution in [3.8, 4) is 17.3 Å². The van der Waals surface area contributed by atoms with Gasteiger partial charge in [0.25, 0.3) is 0 Å². The Hall–Kier alpha value is -3.36. The standard InChI is InChI=1S/2C15H18N4/c1-4-15(5-9-19(8-1)11-15)12-2-3-13(18-10-12)14-16-6-7-17-14;1-4-15(5-8-18(7-1)11-15)13-2-3-14(17-10-13)19-9-6-16-12-19/h2-3,6-7,10H,1,4-5,8-9,11H2,(H,16,17);2-3,6,9-10,12H,1,4-5,7-8,11H2. The maximum atomic E-state index is 4.61. The molecule has 4 fully saturated rings. The summed E-state index contributed by atoms with van der Waals surface area (Å²) in [6.45, 7) is 7.50. The lowest BCUT2D eigenvalue weighted by molar-refractivity contribution is 0.243. The second-order valence-electron chi connectivity index (χ2n) is 11.6. The van der Waals surface area contributed by atoms with Crippen LogP contribution in [0.1, 0.15) is 49.7 Å². The Balaban J connectivity index is 0.000000127. The Bertz CT molecular complexity index is 1220. The number of hydrogen-bond donors (Lipinski definition) is 1. The van der Waals surface area contributed by atoms with Crippen LogP contribution in [0.4, 0.5) is 0 Å². The van der Waals surface area contributed by atoms with Gasteiger partial charge in [-0.05, 0) is 88.0 Å². The van der Waals surface area contributed by atoms with Crippen LogP contribution in [-0.2, 0) is 10.8 Å². The van der Waals surface area contributed by atoms with Crippen molar-refractivity contribution in [1.82, 2.24) is 39.3 Å². The number of nitrogens with one attached hydrogen (secondary N) is 1. The van der Waals surface area contributed by atoms with E-state index in [1.165, 1.54) is 88.9 Å². The molecule has 196 valence electrons. The number of hydrogen-bond acceptors (Lipinski definition) is 6. The second-order valence-corrected chi connectivity index (χ2v) is 11.6. The number of H-pyrrole nitrogens is 1. The van der Waals surface area contributed by atoms with E-state index in [2.05, 4.69) is 71.4 Å². The zero-order valence-electron chi connectivity index (χ0n) is 22.0. The highest BCUT2D eigenvalue weighted by molar-refractivity contribution is 5.49. The van der Waals surface area contributed by atoms with Gasteiger partial charge in [0, 0.05) is 61.1 Å². The lowest BCUT2D eigenvalue weighted by Crippen LogP contribution is -2.36. The number of pyridine rings is 2. The molecule has 4 aliphatic rings. The van der Waals surface area contributed by atoms with Gasteiger partial charge in [-0.2, -0.15) is 0 Å². The molecule has 4 aliphatic heterocycles. The average Bonchev–Trinajstić information content (AvgIpc) is 3.79. The van der Waals surface area contributed by atoms with Gasteiger partial charge in [-0.1, -0.05) is 12.1 Å². The fraction of sp³-hybridized carbons (Fsp3) is 0.467. The van der Waals surface area contributed by atoms with Crippen molar-refractivity contribution in [2.45, 2.75) is 49.4 Å². The third-order valence-electron chi connectivity index (χ3n) is 9.37. The number of aromatic amines is 1. The van der Waals surface area contributed by atoms with E-state index in [1.54, 1.807) is 18.7 Å². The number of piperidine rings is 2. The van der Waals surface area contributed by atoms with Crippen molar-refractivity contribution >= 4 is 0 Å². The Morgan fingerprint density at radius 2 is 1.42 bits per heavy atom. The molecule has 4 atom stereocenters. The summed E-state index contributed by atoms with van der Waals surface area (Å²) in [4.78, 5) is 25.8. The monoisotopic (exact) mass is 508 g/mol. The van der Waals surface area contributed by atoms with Gasteiger partial charge in [0.05, 0.1) is 0 Å². The number of aromatic nitrogens is 6. The molecule has 8 nitrogen and oxygen atoms in total. The highest BCUT2D eigenvalue weighted by atomic mass is 15.2. The summed E-state index contributed by atoms with van der Waals surface area (Å²) in [5.41, 5.74) is 4.49. The van der Waals surface area contributed by atoms with Gasteiger partial charge < -0.3 is 14.8 Å². The molecule has 8 heterocycles. The summed E-state index contributed by atoms with van der Waals surface area (Å²) in [5.74, 6) is 1.80. The molecule has 0 radical (unpaired) electrons. The molecule has 4 saturated heterocycles. The van der Waals surface area contributed by atoms with Crippen LogP contribution in [-0.4, -0.2) is 78.6 Å². The molecular weight excluding hydrogens is 472 g/mol. The van der Waals surface area contributed by atoms with Crippen molar-refractivity contribution in [3.63, 3.8) is 0 Å². The molecule has 0 aliphatic carbocycles. The first-order chi connectivity index (χ1) is 18.7. The summed E-state index contributed by atoms with van der Waals surface area (Å²) in [6.07, 6.45) is 21.1. The molecule has 4 aromatic rings. The minimum absolute atomic E-state index is 0.368. The molecule has 4 bridgehead atoms. The van der Waals surface area contributed by atoms with Crippen molar-refractivity contribution in [2.75, 3.05) is 39.3 Å². The lowest BCUT2D eigenvalue weighted by atomic mass is 9.75. The van der Waals surface area contributed by atoms with Gasteiger partial charge in [-0.25, -0.2) is 15.0 Å². The smallest absolute Gasteiger partial charge is 0.155 e. The van der Waals surface area contributed by atoms with Crippen LogP contribution in [0.25, 0.3) is 17.3 Å². The third kappa shape index (κ3) is 4.35. The first-order valence-electron chi connectivity index (χ1n) is 14.1. The van der Waals surface area contributed by atoms with Gasteiger partial charge in [0.1, 0.15) is 17.8 Å². The SMILES string of the molecule is c1c[nH]c(-c2ccc(C34CCCN(CC3)C4)cn2)n1.c1cn(-c2ccc(C34CCCN(CC3)C4)cn2)cn1. The zero-order chi connectivity index (χ0) is 25.4. The highest BCUT2D eigenvalue weighted by Crippen LogP contribution is 2.43. The van der Waals surface area contributed by atoms with Gasteiger partial charge in [-0.3, -0.25) is 9.55 Å². The Morgan fingerprint density at radius 1 is 0.711 bits per heavy atom. The van der Waals surface area contributed by atoms with Gasteiger partial charge in [0.2, 0.25) is 0 Å². The number of imidazole rings is 2. The largest absolute Gasteiger partial charge is 0.343 e. The molecule has 8 rings (SSSR count). The predicted molar refractivity (Wildman–Crippen MR) is 147 cm³/mol. The fourth-order valence-electron chi connectivity index (χ4n) is 7.25. The first kappa shape index (κ1) is 23.7. The number of rotatable bonds is 4. The molecule has 8 heteroatoms. The van der Waals surface area contributed by atoms with Crippen LogP contribution < -0.4 is 0 Å². The normalized spacial score (nSPS) is 29.6. The van der Waals surface area contributed by atoms with E-state index in [0.29, 0.717) is 10.8 Å². The van der Waals surface area contributed by atoms with Crippen molar-refractivity contribution < 1.29 is 0 Å². The van der Waals surface area contributed by atoms with E-state index in [0.717, 1.165) is 17.3 Å². The maximum Gasteiger partial charge on any atom is 0.155 e. The van der Waals surface area contributed by atoms with Crippen LogP contribution in [0.3, 0.4) is 0 Å². The minimum atomic E-state index is 0.368. The molecule has 0 amide bonds. The Kier molecular flexibility index (Phi) is 6.09. The topological polar surface area (TPSA) is 78.8 Å².